The molecule has 0 amide bonds. The molecule has 0 aliphatic rings. The standard InChI is InChI=1S/C8H12O2/c1-4-7(9)8(5-2)10-6-3/h1,8H,5-6H2,2-3H3. The molecule has 0 spiro atoms. The third-order valence-corrected chi connectivity index (χ3v) is 1.17. The van der Waals surface area contributed by atoms with Gasteiger partial charge in [-0.3, -0.25) is 4.79 Å². The summed E-state index contributed by atoms with van der Waals surface area (Å²) in [5, 5.41) is 0. The summed E-state index contributed by atoms with van der Waals surface area (Å²) in [4.78, 5) is 10.8. The molecule has 1 atom stereocenters. The SMILES string of the molecule is C#CC(=O)C(CC)OCC. The number of terminal acetylenes is 1. The van der Waals surface area contributed by atoms with E-state index in [1.807, 2.05) is 19.8 Å². The summed E-state index contributed by atoms with van der Waals surface area (Å²) in [6, 6.07) is 0. The van der Waals surface area contributed by atoms with Gasteiger partial charge in [-0.05, 0) is 19.3 Å². The lowest BCUT2D eigenvalue weighted by atomic mass is 10.2. The number of ketones is 1. The van der Waals surface area contributed by atoms with Crippen LogP contribution in [-0.4, -0.2) is 18.5 Å². The molecule has 0 aromatic rings. The molecule has 0 saturated heterocycles. The normalized spacial score (nSPS) is 12.1. The maximum atomic E-state index is 10.8. The fourth-order valence-electron chi connectivity index (χ4n) is 0.673. The number of rotatable bonds is 4. The molecule has 0 aliphatic carbocycles. The molecule has 0 radical (unpaired) electrons. The van der Waals surface area contributed by atoms with Crippen LogP contribution in [0.5, 0.6) is 0 Å². The number of carbonyl (C=O) groups is 1. The average molecular weight is 140 g/mol. The summed E-state index contributed by atoms with van der Waals surface area (Å²) in [7, 11) is 0. The summed E-state index contributed by atoms with van der Waals surface area (Å²) < 4.78 is 5.05. The highest BCUT2D eigenvalue weighted by Crippen LogP contribution is 1.97. The van der Waals surface area contributed by atoms with Gasteiger partial charge < -0.3 is 4.74 Å². The van der Waals surface area contributed by atoms with Crippen LogP contribution in [-0.2, 0) is 9.53 Å². The lowest BCUT2D eigenvalue weighted by Gasteiger charge is -2.08. The minimum Gasteiger partial charge on any atom is -0.370 e. The van der Waals surface area contributed by atoms with Gasteiger partial charge in [0.05, 0.1) is 0 Å². The predicted octanol–water partition coefficient (Wildman–Crippen LogP) is 1.00. The smallest absolute Gasteiger partial charge is 0.233 e. The zero-order valence-corrected chi connectivity index (χ0v) is 6.39. The summed E-state index contributed by atoms with van der Waals surface area (Å²) in [5.41, 5.74) is 0. The fourth-order valence-corrected chi connectivity index (χ4v) is 0.673. The molecule has 0 saturated carbocycles. The molecule has 0 bridgehead atoms. The van der Waals surface area contributed by atoms with E-state index in [4.69, 9.17) is 11.2 Å². The first-order chi connectivity index (χ1) is 4.76. The Balaban J connectivity index is 3.83. The van der Waals surface area contributed by atoms with Gasteiger partial charge in [0.15, 0.2) is 0 Å². The largest absolute Gasteiger partial charge is 0.370 e. The van der Waals surface area contributed by atoms with Gasteiger partial charge in [-0.25, -0.2) is 0 Å². The van der Waals surface area contributed by atoms with Crippen molar-refractivity contribution < 1.29 is 9.53 Å². The molecule has 1 unspecified atom stereocenters. The van der Waals surface area contributed by atoms with Crippen LogP contribution in [0.3, 0.4) is 0 Å². The van der Waals surface area contributed by atoms with E-state index in [1.54, 1.807) is 0 Å². The van der Waals surface area contributed by atoms with Gasteiger partial charge in [0.1, 0.15) is 6.10 Å². The van der Waals surface area contributed by atoms with Crippen molar-refractivity contribution in [2.45, 2.75) is 26.4 Å². The van der Waals surface area contributed by atoms with Crippen LogP contribution in [0, 0.1) is 12.3 Å². The minimum atomic E-state index is -0.394. The molecule has 10 heavy (non-hydrogen) atoms. The van der Waals surface area contributed by atoms with Gasteiger partial charge in [0.25, 0.3) is 0 Å². The van der Waals surface area contributed by atoms with Crippen molar-refractivity contribution in [2.75, 3.05) is 6.61 Å². The van der Waals surface area contributed by atoms with Crippen molar-refractivity contribution >= 4 is 5.78 Å². The zero-order valence-electron chi connectivity index (χ0n) is 6.39. The lowest BCUT2D eigenvalue weighted by molar-refractivity contribution is -0.124. The third kappa shape index (κ3) is 2.65. The molecule has 0 N–H and O–H groups in total. The van der Waals surface area contributed by atoms with Gasteiger partial charge >= 0.3 is 0 Å². The Hall–Kier alpha value is -0.810. The fraction of sp³-hybridized carbons (Fsp3) is 0.625. The Morgan fingerprint density at radius 2 is 2.30 bits per heavy atom. The molecule has 0 rings (SSSR count). The molecule has 0 fully saturated rings. The molecule has 56 valence electrons. The van der Waals surface area contributed by atoms with Crippen LogP contribution in [0.15, 0.2) is 0 Å². The summed E-state index contributed by atoms with van der Waals surface area (Å²) in [6.07, 6.45) is 5.16. The molecule has 0 aromatic heterocycles. The Labute approximate surface area is 61.6 Å². The average Bonchev–Trinajstić information content (AvgIpc) is 1.99. The number of Topliss-reactive ketones (excluding diaryl/α,β-unsaturated/α-hetero) is 1. The van der Waals surface area contributed by atoms with Crippen molar-refractivity contribution in [3.63, 3.8) is 0 Å². The summed E-state index contributed by atoms with van der Waals surface area (Å²) >= 11 is 0. The summed E-state index contributed by atoms with van der Waals surface area (Å²) in [5.74, 6) is 1.78. The van der Waals surface area contributed by atoms with Crippen LogP contribution < -0.4 is 0 Å². The number of hydrogen-bond acceptors (Lipinski definition) is 2. The quantitative estimate of drug-likeness (QED) is 0.430. The van der Waals surface area contributed by atoms with E-state index in [2.05, 4.69) is 0 Å². The highest BCUT2D eigenvalue weighted by Gasteiger charge is 2.12. The second-order valence-corrected chi connectivity index (χ2v) is 1.86. The first-order valence-corrected chi connectivity index (χ1v) is 3.38. The highest BCUT2D eigenvalue weighted by atomic mass is 16.5. The van der Waals surface area contributed by atoms with Gasteiger partial charge in [0, 0.05) is 6.61 Å². The number of ether oxygens (including phenoxy) is 1. The van der Waals surface area contributed by atoms with Gasteiger partial charge in [-0.15, -0.1) is 6.42 Å². The van der Waals surface area contributed by atoms with E-state index in [1.165, 1.54) is 0 Å². The van der Waals surface area contributed by atoms with Crippen molar-refractivity contribution in [3.8, 4) is 12.3 Å². The Kier molecular flexibility index (Phi) is 4.61. The van der Waals surface area contributed by atoms with Crippen LogP contribution in [0.2, 0.25) is 0 Å². The Morgan fingerprint density at radius 3 is 2.60 bits per heavy atom. The predicted molar refractivity (Wildman–Crippen MR) is 39.5 cm³/mol. The van der Waals surface area contributed by atoms with Crippen LogP contribution in [0.1, 0.15) is 20.3 Å². The van der Waals surface area contributed by atoms with E-state index < -0.39 is 6.10 Å². The van der Waals surface area contributed by atoms with Gasteiger partial charge in [-0.2, -0.15) is 0 Å². The van der Waals surface area contributed by atoms with Crippen molar-refractivity contribution in [3.05, 3.63) is 0 Å². The summed E-state index contributed by atoms with van der Waals surface area (Å²) in [6.45, 7) is 4.24. The van der Waals surface area contributed by atoms with E-state index in [9.17, 15) is 4.79 Å². The van der Waals surface area contributed by atoms with Crippen LogP contribution in [0.4, 0.5) is 0 Å². The van der Waals surface area contributed by atoms with E-state index in [-0.39, 0.29) is 5.78 Å². The number of carbonyl (C=O) groups excluding carboxylic acids is 1. The zero-order chi connectivity index (χ0) is 7.98. The first-order valence-electron chi connectivity index (χ1n) is 3.38. The monoisotopic (exact) mass is 140 g/mol. The molecule has 0 heterocycles. The van der Waals surface area contributed by atoms with Crippen molar-refractivity contribution in [2.24, 2.45) is 0 Å². The molecule has 0 aromatic carbocycles. The van der Waals surface area contributed by atoms with E-state index in [0.29, 0.717) is 13.0 Å². The third-order valence-electron chi connectivity index (χ3n) is 1.17. The Bertz CT molecular complexity index is 144. The second-order valence-electron chi connectivity index (χ2n) is 1.86. The van der Waals surface area contributed by atoms with Crippen LogP contribution in [0.25, 0.3) is 0 Å². The van der Waals surface area contributed by atoms with E-state index in [0.717, 1.165) is 0 Å². The van der Waals surface area contributed by atoms with Gasteiger partial charge in [0.2, 0.25) is 5.78 Å². The molecular weight excluding hydrogens is 128 g/mol. The van der Waals surface area contributed by atoms with Crippen molar-refractivity contribution in [1.29, 1.82) is 0 Å². The molecule has 2 nitrogen and oxygen atoms in total. The molecular formula is C8H12O2. The van der Waals surface area contributed by atoms with Gasteiger partial charge in [-0.1, -0.05) is 6.92 Å². The maximum Gasteiger partial charge on any atom is 0.233 e. The maximum absolute atomic E-state index is 10.8. The highest BCUT2D eigenvalue weighted by molar-refractivity contribution is 5.98. The second kappa shape index (κ2) is 5.01. The molecule has 0 aliphatic heterocycles. The van der Waals surface area contributed by atoms with Crippen LogP contribution >= 0.6 is 0 Å². The first kappa shape index (κ1) is 9.19. The van der Waals surface area contributed by atoms with Crippen molar-refractivity contribution in [1.82, 2.24) is 0 Å². The number of hydrogen-bond donors (Lipinski definition) is 0. The lowest BCUT2D eigenvalue weighted by Crippen LogP contribution is -2.21. The topological polar surface area (TPSA) is 26.3 Å². The molecule has 2 heteroatoms. The van der Waals surface area contributed by atoms with E-state index >= 15 is 0 Å². The minimum absolute atomic E-state index is 0.260. The Morgan fingerprint density at radius 1 is 1.70 bits per heavy atom.